The second-order valence-electron chi connectivity index (χ2n) is 8.07. The number of para-hydroxylation sites is 1. The van der Waals surface area contributed by atoms with Gasteiger partial charge in [0, 0.05) is 35.8 Å². The molecule has 0 unspecified atom stereocenters. The average Bonchev–Trinajstić information content (AvgIpc) is 3.15. The van der Waals surface area contributed by atoms with Gasteiger partial charge in [-0.1, -0.05) is 48.5 Å². The summed E-state index contributed by atoms with van der Waals surface area (Å²) in [6.45, 7) is 2.40. The van der Waals surface area contributed by atoms with Gasteiger partial charge in [-0.25, -0.2) is 4.79 Å². The summed E-state index contributed by atoms with van der Waals surface area (Å²) in [6.07, 6.45) is 0. The smallest absolute Gasteiger partial charge is 0.330 e. The van der Waals surface area contributed by atoms with E-state index < -0.39 is 11.2 Å². The fourth-order valence-electron chi connectivity index (χ4n) is 4.19. The Hall–Kier alpha value is -4.11. The molecule has 0 radical (unpaired) electrons. The fraction of sp³-hybridized carbons (Fsp3) is 0.240. The Morgan fingerprint density at radius 2 is 1.76 bits per heavy atom. The van der Waals surface area contributed by atoms with Crippen LogP contribution < -0.4 is 21.9 Å². The van der Waals surface area contributed by atoms with E-state index in [9.17, 15) is 14.4 Å². The number of hydrogen-bond donors (Lipinski definition) is 3. The highest BCUT2D eigenvalue weighted by Crippen LogP contribution is 2.25. The number of nitrogens with zero attached hydrogens (tertiary/aromatic N) is 2. The number of carbonyl (C=O) groups is 1. The molecule has 2 heterocycles. The summed E-state index contributed by atoms with van der Waals surface area (Å²) in [5.74, 6) is -0.176. The lowest BCUT2D eigenvalue weighted by Crippen LogP contribution is -2.40. The van der Waals surface area contributed by atoms with E-state index in [-0.39, 0.29) is 43.5 Å². The van der Waals surface area contributed by atoms with Crippen molar-refractivity contribution in [2.24, 2.45) is 0 Å². The standard InChI is InChI=1S/C25H27N5O4/c1-16-21(18-10-6-7-11-19(18)27-16)20(31)15-29(14-17-8-4-3-5-9-17)22-23(26)30(12-13-34-2)25(33)28-24(22)32/h3-11,27H,12-15,26H2,1-2H3,(H,28,32,33). The maximum absolute atomic E-state index is 13.6. The number of nitrogen functional groups attached to an aromatic ring is 1. The normalized spacial score (nSPS) is 11.1. The number of carbonyl (C=O) groups excluding carboxylic acids is 1. The van der Waals surface area contributed by atoms with Crippen molar-refractivity contribution in [2.75, 3.05) is 30.9 Å². The number of rotatable bonds is 9. The number of fused-ring (bicyclic) bond motifs is 1. The van der Waals surface area contributed by atoms with Crippen LogP contribution in [0.5, 0.6) is 0 Å². The topological polar surface area (TPSA) is 126 Å². The third-order valence-corrected chi connectivity index (χ3v) is 5.77. The first-order valence-electron chi connectivity index (χ1n) is 10.9. The van der Waals surface area contributed by atoms with Crippen LogP contribution in [0.25, 0.3) is 10.9 Å². The van der Waals surface area contributed by atoms with Gasteiger partial charge in [-0.3, -0.25) is 19.1 Å². The Balaban J connectivity index is 1.79. The molecule has 9 heteroatoms. The first-order chi connectivity index (χ1) is 16.4. The van der Waals surface area contributed by atoms with E-state index in [0.29, 0.717) is 5.56 Å². The van der Waals surface area contributed by atoms with E-state index >= 15 is 0 Å². The monoisotopic (exact) mass is 461 g/mol. The minimum atomic E-state index is -0.643. The van der Waals surface area contributed by atoms with Crippen molar-refractivity contribution in [3.8, 4) is 0 Å². The summed E-state index contributed by atoms with van der Waals surface area (Å²) in [5.41, 5.74) is 8.20. The number of aromatic amines is 2. The van der Waals surface area contributed by atoms with Crippen molar-refractivity contribution in [2.45, 2.75) is 20.0 Å². The number of hydrogen-bond acceptors (Lipinski definition) is 6. The van der Waals surface area contributed by atoms with Gasteiger partial charge in [-0.2, -0.15) is 0 Å². The largest absolute Gasteiger partial charge is 0.383 e. The molecule has 0 aliphatic rings. The van der Waals surface area contributed by atoms with Gasteiger partial charge in [-0.05, 0) is 18.6 Å². The Labute approximate surface area is 195 Å². The fourth-order valence-corrected chi connectivity index (χ4v) is 4.19. The first-order valence-corrected chi connectivity index (χ1v) is 10.9. The first kappa shape index (κ1) is 23.1. The number of anilines is 2. The van der Waals surface area contributed by atoms with Gasteiger partial charge in [0.1, 0.15) is 11.5 Å². The summed E-state index contributed by atoms with van der Waals surface area (Å²) in [6, 6.07) is 17.0. The molecule has 4 N–H and O–H groups in total. The Kier molecular flexibility index (Phi) is 6.65. The molecule has 2 aromatic carbocycles. The molecule has 0 atom stereocenters. The van der Waals surface area contributed by atoms with Gasteiger partial charge in [0.05, 0.1) is 19.7 Å². The Morgan fingerprint density at radius 3 is 2.50 bits per heavy atom. The molecule has 0 aliphatic heterocycles. The number of H-pyrrole nitrogens is 2. The van der Waals surface area contributed by atoms with Crippen molar-refractivity contribution in [3.05, 3.63) is 92.3 Å². The number of aryl methyl sites for hydroxylation is 1. The molecule has 0 spiro atoms. The van der Waals surface area contributed by atoms with Crippen molar-refractivity contribution < 1.29 is 9.53 Å². The number of ether oxygens (including phenoxy) is 1. The van der Waals surface area contributed by atoms with E-state index in [4.69, 9.17) is 10.5 Å². The average molecular weight is 462 g/mol. The van der Waals surface area contributed by atoms with Gasteiger partial charge in [0.2, 0.25) is 0 Å². The van der Waals surface area contributed by atoms with Crippen LogP contribution in [0.3, 0.4) is 0 Å². The van der Waals surface area contributed by atoms with Crippen LogP contribution in [0.2, 0.25) is 0 Å². The molecule has 0 saturated heterocycles. The third-order valence-electron chi connectivity index (χ3n) is 5.77. The summed E-state index contributed by atoms with van der Waals surface area (Å²) >= 11 is 0. The zero-order valence-electron chi connectivity index (χ0n) is 19.1. The minimum absolute atomic E-state index is 0.00909. The van der Waals surface area contributed by atoms with Crippen LogP contribution >= 0.6 is 0 Å². The summed E-state index contributed by atoms with van der Waals surface area (Å²) < 4.78 is 6.32. The zero-order valence-corrected chi connectivity index (χ0v) is 19.1. The lowest BCUT2D eigenvalue weighted by atomic mass is 10.1. The highest BCUT2D eigenvalue weighted by Gasteiger charge is 2.24. The Morgan fingerprint density at radius 1 is 1.06 bits per heavy atom. The molecular weight excluding hydrogens is 434 g/mol. The van der Waals surface area contributed by atoms with Crippen LogP contribution in [0.4, 0.5) is 11.5 Å². The van der Waals surface area contributed by atoms with Crippen LogP contribution in [-0.2, 0) is 17.8 Å². The number of Topliss-reactive ketones (excluding diaryl/α,β-unsaturated/α-hetero) is 1. The highest BCUT2D eigenvalue weighted by atomic mass is 16.5. The molecule has 2 aromatic heterocycles. The molecule has 9 nitrogen and oxygen atoms in total. The van der Waals surface area contributed by atoms with Crippen LogP contribution in [0.15, 0.2) is 64.2 Å². The number of nitrogens with one attached hydrogen (secondary N) is 2. The molecule has 0 bridgehead atoms. The van der Waals surface area contributed by atoms with Crippen molar-refractivity contribution >= 4 is 28.2 Å². The van der Waals surface area contributed by atoms with Crippen molar-refractivity contribution in [1.82, 2.24) is 14.5 Å². The molecule has 0 fully saturated rings. The maximum Gasteiger partial charge on any atom is 0.330 e. The van der Waals surface area contributed by atoms with Crippen LogP contribution in [-0.4, -0.2) is 40.6 Å². The zero-order chi connectivity index (χ0) is 24.2. The van der Waals surface area contributed by atoms with Gasteiger partial charge in [-0.15, -0.1) is 0 Å². The third kappa shape index (κ3) is 4.51. The SMILES string of the molecule is COCCn1c(N)c(N(CC(=O)c2c(C)[nH]c3ccccc23)Cc2ccccc2)c(=O)[nH]c1=O. The second-order valence-corrected chi connectivity index (χ2v) is 8.07. The quantitative estimate of drug-likeness (QED) is 0.329. The van der Waals surface area contributed by atoms with Gasteiger partial charge in [0.25, 0.3) is 5.56 Å². The Bertz CT molecular complexity index is 1440. The lowest BCUT2D eigenvalue weighted by molar-refractivity contribution is 0.0999. The lowest BCUT2D eigenvalue weighted by Gasteiger charge is -2.26. The summed E-state index contributed by atoms with van der Waals surface area (Å²) in [5, 5.41) is 0.816. The number of aromatic nitrogens is 3. The molecule has 0 saturated carbocycles. The number of ketones is 1. The van der Waals surface area contributed by atoms with Gasteiger partial charge < -0.3 is 20.4 Å². The predicted octanol–water partition coefficient (Wildman–Crippen LogP) is 2.44. The van der Waals surface area contributed by atoms with E-state index in [1.807, 2.05) is 61.5 Å². The van der Waals surface area contributed by atoms with E-state index in [2.05, 4.69) is 9.97 Å². The highest BCUT2D eigenvalue weighted by molar-refractivity contribution is 6.11. The molecule has 0 amide bonds. The molecule has 176 valence electrons. The van der Waals surface area contributed by atoms with Gasteiger partial charge in [0.15, 0.2) is 5.78 Å². The minimum Gasteiger partial charge on any atom is -0.383 e. The predicted molar refractivity (Wildman–Crippen MR) is 132 cm³/mol. The molecule has 4 rings (SSSR count). The number of benzene rings is 2. The second kappa shape index (κ2) is 9.80. The number of nitrogens with two attached hydrogens (primary N) is 1. The number of methoxy groups -OCH3 is 1. The van der Waals surface area contributed by atoms with Crippen LogP contribution in [0.1, 0.15) is 21.6 Å². The summed E-state index contributed by atoms with van der Waals surface area (Å²) in [4.78, 5) is 46.1. The van der Waals surface area contributed by atoms with Crippen LogP contribution in [0, 0.1) is 6.92 Å². The van der Waals surface area contributed by atoms with Gasteiger partial charge >= 0.3 is 5.69 Å². The van der Waals surface area contributed by atoms with Crippen molar-refractivity contribution in [3.63, 3.8) is 0 Å². The molecular formula is C25H27N5O4. The van der Waals surface area contributed by atoms with Crippen molar-refractivity contribution in [1.29, 1.82) is 0 Å². The molecule has 4 aromatic rings. The maximum atomic E-state index is 13.6. The van der Waals surface area contributed by atoms with E-state index in [1.54, 1.807) is 4.90 Å². The molecule has 0 aliphatic carbocycles. The molecule has 34 heavy (non-hydrogen) atoms. The summed E-state index contributed by atoms with van der Waals surface area (Å²) in [7, 11) is 1.51. The van der Waals surface area contributed by atoms with E-state index in [0.717, 1.165) is 22.2 Å². The van der Waals surface area contributed by atoms with E-state index in [1.165, 1.54) is 11.7 Å².